The molecule has 0 radical (unpaired) electrons. The van der Waals surface area contributed by atoms with Gasteiger partial charge < -0.3 is 0 Å². The van der Waals surface area contributed by atoms with Crippen LogP contribution in [-0.4, -0.2) is 12.3 Å². The Morgan fingerprint density at radius 2 is 2.04 bits per heavy atom. The van der Waals surface area contributed by atoms with Crippen molar-refractivity contribution in [3.05, 3.63) is 94.6 Å². The van der Waals surface area contributed by atoms with Crippen LogP contribution in [0.25, 0.3) is 0 Å². The first-order valence-electron chi connectivity index (χ1n) is 7.87. The minimum absolute atomic E-state index is 0.734. The minimum Gasteiger partial charge on any atom is -0.280 e. The van der Waals surface area contributed by atoms with Gasteiger partial charge in [-0.25, -0.2) is 0 Å². The van der Waals surface area contributed by atoms with Gasteiger partial charge in [0.05, 0.1) is 12.3 Å². The molecule has 0 aliphatic carbocycles. The Morgan fingerprint density at radius 3 is 2.65 bits per heavy atom. The topological polar surface area (TPSA) is 12.4 Å². The third-order valence-electron chi connectivity index (χ3n) is 3.67. The van der Waals surface area contributed by atoms with E-state index in [0.29, 0.717) is 0 Å². The normalized spacial score (nSPS) is 16.9. The van der Waals surface area contributed by atoms with Crippen molar-refractivity contribution in [3.63, 3.8) is 0 Å². The summed E-state index contributed by atoms with van der Waals surface area (Å²) >= 11 is 3.46. The van der Waals surface area contributed by atoms with E-state index in [1.807, 2.05) is 24.3 Å². The van der Waals surface area contributed by atoms with E-state index in [-0.39, 0.29) is 0 Å². The van der Waals surface area contributed by atoms with Gasteiger partial charge in [-0.2, -0.15) is 0 Å². The summed E-state index contributed by atoms with van der Waals surface area (Å²) in [6.45, 7) is 6.62. The van der Waals surface area contributed by atoms with Crippen LogP contribution in [0.5, 0.6) is 0 Å². The Morgan fingerprint density at radius 1 is 1.26 bits per heavy atom. The van der Waals surface area contributed by atoms with Gasteiger partial charge in [0.15, 0.2) is 0 Å². The summed E-state index contributed by atoms with van der Waals surface area (Å²) in [5.41, 5.74) is 4.85. The first-order chi connectivity index (χ1) is 11.2. The molecule has 23 heavy (non-hydrogen) atoms. The van der Waals surface area contributed by atoms with Gasteiger partial charge in [-0.3, -0.25) is 4.99 Å². The number of benzene rings is 1. The van der Waals surface area contributed by atoms with Crippen LogP contribution in [0.3, 0.4) is 0 Å². The monoisotopic (exact) mass is 367 g/mol. The molecule has 0 bridgehead atoms. The van der Waals surface area contributed by atoms with Crippen LogP contribution in [0.1, 0.15) is 25.3 Å². The molecule has 118 valence electrons. The average molecular weight is 368 g/mol. The lowest BCUT2D eigenvalue weighted by Gasteiger charge is -2.09. The summed E-state index contributed by atoms with van der Waals surface area (Å²) in [6.07, 6.45) is 16.6. The summed E-state index contributed by atoms with van der Waals surface area (Å²) < 4.78 is 1.09. The van der Waals surface area contributed by atoms with Crippen LogP contribution in [0.15, 0.2) is 94.0 Å². The fraction of sp³-hybridized carbons (Fsp3) is 0.190. The van der Waals surface area contributed by atoms with Crippen molar-refractivity contribution in [2.75, 3.05) is 6.54 Å². The largest absolute Gasteiger partial charge is 0.280 e. The maximum Gasteiger partial charge on any atom is 0.0650 e. The molecule has 0 spiro atoms. The molecular weight excluding hydrogens is 346 g/mol. The van der Waals surface area contributed by atoms with Gasteiger partial charge in [0.2, 0.25) is 0 Å². The van der Waals surface area contributed by atoms with Crippen molar-refractivity contribution in [1.82, 2.24) is 0 Å². The number of nitrogens with zero attached hydrogens (tertiary/aromatic N) is 1. The molecule has 1 aliphatic heterocycles. The van der Waals surface area contributed by atoms with E-state index >= 15 is 0 Å². The van der Waals surface area contributed by atoms with Crippen LogP contribution in [-0.2, 0) is 0 Å². The number of allylic oxidation sites excluding steroid dienone is 7. The fourth-order valence-corrected chi connectivity index (χ4v) is 2.52. The molecule has 1 nitrogen and oxygen atoms in total. The van der Waals surface area contributed by atoms with Crippen LogP contribution in [0.4, 0.5) is 0 Å². The molecule has 0 saturated heterocycles. The lowest BCUT2D eigenvalue weighted by atomic mass is 10.0. The molecule has 2 rings (SSSR count). The highest BCUT2D eigenvalue weighted by molar-refractivity contribution is 9.10. The van der Waals surface area contributed by atoms with E-state index in [4.69, 9.17) is 0 Å². The summed E-state index contributed by atoms with van der Waals surface area (Å²) in [5.74, 6) is 0. The van der Waals surface area contributed by atoms with Gasteiger partial charge >= 0.3 is 0 Å². The van der Waals surface area contributed by atoms with Crippen molar-refractivity contribution < 1.29 is 0 Å². The highest BCUT2D eigenvalue weighted by Crippen LogP contribution is 2.16. The first-order valence-corrected chi connectivity index (χ1v) is 8.67. The maximum atomic E-state index is 4.68. The van der Waals surface area contributed by atoms with Crippen LogP contribution in [0.2, 0.25) is 0 Å². The highest BCUT2D eigenvalue weighted by Gasteiger charge is 2.05. The Labute approximate surface area is 147 Å². The van der Waals surface area contributed by atoms with Gasteiger partial charge in [0, 0.05) is 4.47 Å². The Hall–Kier alpha value is -1.93. The van der Waals surface area contributed by atoms with Crippen LogP contribution >= 0.6 is 15.9 Å². The summed E-state index contributed by atoms with van der Waals surface area (Å²) in [4.78, 5) is 4.68. The smallest absolute Gasteiger partial charge is 0.0650 e. The predicted molar refractivity (Wildman–Crippen MR) is 105 cm³/mol. The lowest BCUT2D eigenvalue weighted by molar-refractivity contribution is 1.03. The van der Waals surface area contributed by atoms with E-state index in [1.54, 1.807) is 0 Å². The molecule has 0 saturated carbocycles. The average Bonchev–Trinajstić information content (AvgIpc) is 2.59. The molecule has 1 aromatic carbocycles. The maximum absolute atomic E-state index is 4.68. The van der Waals surface area contributed by atoms with E-state index in [0.717, 1.165) is 35.1 Å². The van der Waals surface area contributed by atoms with Crippen LogP contribution in [0, 0.1) is 0 Å². The summed E-state index contributed by atoms with van der Waals surface area (Å²) in [7, 11) is 0. The van der Waals surface area contributed by atoms with Gasteiger partial charge in [0.1, 0.15) is 0 Å². The molecule has 0 fully saturated rings. The van der Waals surface area contributed by atoms with Crippen molar-refractivity contribution >= 4 is 21.6 Å². The zero-order chi connectivity index (χ0) is 16.5. The second kappa shape index (κ2) is 9.26. The van der Waals surface area contributed by atoms with Crippen molar-refractivity contribution in [3.8, 4) is 0 Å². The van der Waals surface area contributed by atoms with Gasteiger partial charge in [-0.1, -0.05) is 83.6 Å². The Kier molecular flexibility index (Phi) is 7.02. The zero-order valence-corrected chi connectivity index (χ0v) is 15.1. The minimum atomic E-state index is 0.734. The number of rotatable bonds is 6. The second-order valence-electron chi connectivity index (χ2n) is 5.33. The third-order valence-corrected chi connectivity index (χ3v) is 4.20. The SMILES string of the molecule is C=C/C=C\C/C(=C/C=C1/C=CC(c2ccc(Br)cc2)=NC1)CC. The zero-order valence-electron chi connectivity index (χ0n) is 13.5. The molecule has 2 heteroatoms. The summed E-state index contributed by atoms with van der Waals surface area (Å²) in [5, 5.41) is 0. The number of dihydropyridines is 1. The molecular formula is C21H22BrN. The standard InChI is InChI=1S/C21H22BrN/c1-3-5-6-7-17(4-2)8-9-18-10-15-21(23-16-18)19-11-13-20(22)14-12-19/h3,5-6,8-15H,1,4,7,16H2,2H3/b6-5-,17-8+,18-9-. The molecule has 1 aliphatic rings. The molecule has 0 unspecified atom stereocenters. The fourth-order valence-electron chi connectivity index (χ4n) is 2.26. The van der Waals surface area contributed by atoms with E-state index in [2.05, 4.69) is 76.9 Å². The van der Waals surface area contributed by atoms with E-state index in [1.165, 1.54) is 11.1 Å². The molecule has 0 amide bonds. The molecule has 1 aromatic rings. The van der Waals surface area contributed by atoms with Gasteiger partial charge in [0.25, 0.3) is 0 Å². The van der Waals surface area contributed by atoms with Crippen molar-refractivity contribution in [2.24, 2.45) is 4.99 Å². The number of hydrogen-bond acceptors (Lipinski definition) is 1. The number of aliphatic imine (C=N–C) groups is 1. The second-order valence-corrected chi connectivity index (χ2v) is 6.25. The Balaban J connectivity index is 2.02. The van der Waals surface area contributed by atoms with Crippen molar-refractivity contribution in [1.29, 1.82) is 0 Å². The number of halogens is 1. The third kappa shape index (κ3) is 5.65. The van der Waals surface area contributed by atoms with Crippen LogP contribution < -0.4 is 0 Å². The molecule has 1 heterocycles. The number of hydrogen-bond donors (Lipinski definition) is 0. The van der Waals surface area contributed by atoms with E-state index in [9.17, 15) is 0 Å². The first kappa shape index (κ1) is 17.4. The lowest BCUT2D eigenvalue weighted by Crippen LogP contribution is -2.04. The Bertz CT molecular complexity index is 685. The van der Waals surface area contributed by atoms with Gasteiger partial charge in [-0.15, -0.1) is 0 Å². The van der Waals surface area contributed by atoms with E-state index < -0.39 is 0 Å². The quantitative estimate of drug-likeness (QED) is 0.530. The molecule has 0 aromatic heterocycles. The summed E-state index contributed by atoms with van der Waals surface area (Å²) in [6, 6.07) is 8.26. The predicted octanol–water partition coefficient (Wildman–Crippen LogP) is 6.20. The molecule has 0 atom stereocenters. The highest BCUT2D eigenvalue weighted by atomic mass is 79.9. The van der Waals surface area contributed by atoms with Gasteiger partial charge in [-0.05, 0) is 42.2 Å². The van der Waals surface area contributed by atoms with Crippen molar-refractivity contribution in [2.45, 2.75) is 19.8 Å². The molecule has 0 N–H and O–H groups in total.